The van der Waals surface area contributed by atoms with Gasteiger partial charge in [-0.1, -0.05) is 32.9 Å². The summed E-state index contributed by atoms with van der Waals surface area (Å²) in [6.45, 7) is 11.8. The number of halogens is 2. The van der Waals surface area contributed by atoms with Gasteiger partial charge in [0.05, 0.1) is 18.3 Å². The van der Waals surface area contributed by atoms with E-state index in [0.717, 1.165) is 18.9 Å². The molecular weight excluding hydrogens is 522 g/mol. The molecule has 0 unspecified atom stereocenters. The lowest BCUT2D eigenvalue weighted by Crippen LogP contribution is -2.34. The van der Waals surface area contributed by atoms with Crippen molar-refractivity contribution in [3.8, 4) is 11.3 Å². The van der Waals surface area contributed by atoms with Crippen molar-refractivity contribution in [3.05, 3.63) is 76.3 Å². The highest BCUT2D eigenvalue weighted by Crippen LogP contribution is 2.42. The first-order valence-corrected chi connectivity index (χ1v) is 13.8. The Labute approximate surface area is 232 Å². The molecule has 1 aliphatic heterocycles. The molecule has 1 atom stereocenters. The van der Waals surface area contributed by atoms with E-state index >= 15 is 0 Å². The van der Waals surface area contributed by atoms with Crippen LogP contribution in [0.15, 0.2) is 53.6 Å². The maximum Gasteiger partial charge on any atom is 0.251 e. The Morgan fingerprint density at radius 1 is 1.15 bits per heavy atom. The predicted molar refractivity (Wildman–Crippen MR) is 151 cm³/mol. The fourth-order valence-corrected chi connectivity index (χ4v) is 4.73. The number of ether oxygens (including phenoxy) is 1. The van der Waals surface area contributed by atoms with Gasteiger partial charge in [0.2, 0.25) is 5.95 Å². The van der Waals surface area contributed by atoms with Crippen molar-refractivity contribution in [3.63, 3.8) is 0 Å². The Bertz CT molecular complexity index is 1340. The number of benzene rings is 1. The quantitative estimate of drug-likeness (QED) is 0.311. The number of nitrogens with one attached hydrogen (secondary N) is 1. The molecule has 0 spiro atoms. The van der Waals surface area contributed by atoms with Gasteiger partial charge in [-0.15, -0.1) is 0 Å². The molecule has 10 heteroatoms. The summed E-state index contributed by atoms with van der Waals surface area (Å²) in [5.41, 5.74) is 0.755. The molecule has 2 aromatic heterocycles. The number of pyridine rings is 1. The van der Waals surface area contributed by atoms with Gasteiger partial charge in [0, 0.05) is 53.6 Å². The van der Waals surface area contributed by atoms with E-state index in [1.807, 2.05) is 0 Å². The molecule has 1 aliphatic rings. The van der Waals surface area contributed by atoms with Crippen LogP contribution in [0.3, 0.4) is 0 Å². The van der Waals surface area contributed by atoms with E-state index in [2.05, 4.69) is 49.9 Å². The first-order chi connectivity index (χ1) is 18.5. The van der Waals surface area contributed by atoms with Gasteiger partial charge in [0.25, 0.3) is 5.56 Å². The molecule has 1 aromatic carbocycles. The summed E-state index contributed by atoms with van der Waals surface area (Å²) >= 11 is 1.27. The highest BCUT2D eigenvalue weighted by molar-refractivity contribution is 7.96. The number of aromatic nitrogens is 3. The molecule has 7 nitrogen and oxygen atoms in total. The lowest BCUT2D eigenvalue weighted by atomic mass is 9.83. The van der Waals surface area contributed by atoms with E-state index in [1.54, 1.807) is 24.5 Å². The summed E-state index contributed by atoms with van der Waals surface area (Å²) in [5.74, 6) is -1.49. The first-order valence-electron chi connectivity index (χ1n) is 13.1. The summed E-state index contributed by atoms with van der Waals surface area (Å²) < 4.78 is 41.6. The first kappa shape index (κ1) is 29.2. The van der Waals surface area contributed by atoms with Crippen LogP contribution in [-0.2, 0) is 8.92 Å². The zero-order valence-electron chi connectivity index (χ0n) is 23.0. The molecule has 3 aromatic rings. The van der Waals surface area contributed by atoms with Crippen LogP contribution in [0.1, 0.15) is 59.1 Å². The number of hydrogen-bond donors (Lipinski definition) is 1. The minimum Gasteiger partial charge on any atom is -0.381 e. The topological polar surface area (TPSA) is 78.3 Å². The van der Waals surface area contributed by atoms with Crippen molar-refractivity contribution in [1.82, 2.24) is 14.5 Å². The van der Waals surface area contributed by atoms with Gasteiger partial charge in [0.15, 0.2) is 11.6 Å². The van der Waals surface area contributed by atoms with Crippen molar-refractivity contribution < 1.29 is 17.7 Å². The summed E-state index contributed by atoms with van der Waals surface area (Å²) in [5, 5.41) is 3.33. The summed E-state index contributed by atoms with van der Waals surface area (Å²) in [4.78, 5) is 22.3. The van der Waals surface area contributed by atoms with Crippen LogP contribution in [0.25, 0.3) is 11.3 Å². The third-order valence-electron chi connectivity index (χ3n) is 7.43. The van der Waals surface area contributed by atoms with Crippen LogP contribution >= 0.6 is 12.0 Å². The third kappa shape index (κ3) is 7.04. The second-order valence-corrected chi connectivity index (χ2v) is 12.7. The molecular formula is C29H36F2N4O3S. The second-order valence-electron chi connectivity index (χ2n) is 11.2. The van der Waals surface area contributed by atoms with Gasteiger partial charge < -0.3 is 18.8 Å². The van der Waals surface area contributed by atoms with Crippen LogP contribution in [-0.4, -0.2) is 45.1 Å². The number of hydrogen-bond acceptors (Lipinski definition) is 7. The van der Waals surface area contributed by atoms with E-state index < -0.39 is 17.7 Å². The Kier molecular flexibility index (Phi) is 9.08. The SMILES string of the molecule is CC(C)(C)C(C)(C)SOC[C@H](c1cccc(F)c1F)n1ccc(-c2ccnc(NC3CCOCC3)n2)cc1=O. The Morgan fingerprint density at radius 2 is 1.90 bits per heavy atom. The monoisotopic (exact) mass is 558 g/mol. The Morgan fingerprint density at radius 3 is 2.59 bits per heavy atom. The predicted octanol–water partition coefficient (Wildman–Crippen LogP) is 6.25. The normalized spacial score (nSPS) is 15.8. The smallest absolute Gasteiger partial charge is 0.251 e. The third-order valence-corrected chi connectivity index (χ3v) is 8.71. The van der Waals surface area contributed by atoms with Crippen molar-refractivity contribution in [1.29, 1.82) is 0 Å². The van der Waals surface area contributed by atoms with E-state index in [0.29, 0.717) is 30.4 Å². The average Bonchev–Trinajstić information content (AvgIpc) is 2.89. The van der Waals surface area contributed by atoms with Crippen molar-refractivity contribution >= 4 is 18.0 Å². The Hall–Kier alpha value is -2.82. The van der Waals surface area contributed by atoms with Gasteiger partial charge in [-0.05, 0) is 62.3 Å². The maximum absolute atomic E-state index is 14.9. The molecule has 0 radical (unpaired) electrons. The zero-order valence-corrected chi connectivity index (χ0v) is 23.9. The average molecular weight is 559 g/mol. The highest BCUT2D eigenvalue weighted by atomic mass is 32.2. The van der Waals surface area contributed by atoms with Gasteiger partial charge >= 0.3 is 0 Å². The fourth-order valence-electron chi connectivity index (χ4n) is 3.99. The van der Waals surface area contributed by atoms with Crippen molar-refractivity contribution in [2.24, 2.45) is 5.41 Å². The van der Waals surface area contributed by atoms with Gasteiger partial charge in [-0.2, -0.15) is 0 Å². The fraction of sp³-hybridized carbons (Fsp3) is 0.483. The van der Waals surface area contributed by atoms with Gasteiger partial charge in [0.1, 0.15) is 0 Å². The Balaban J connectivity index is 1.61. The van der Waals surface area contributed by atoms with Gasteiger partial charge in [-0.3, -0.25) is 4.79 Å². The molecule has 39 heavy (non-hydrogen) atoms. The number of anilines is 1. The summed E-state index contributed by atoms with van der Waals surface area (Å²) in [7, 11) is 0. The maximum atomic E-state index is 14.9. The molecule has 1 N–H and O–H groups in total. The molecule has 3 heterocycles. The van der Waals surface area contributed by atoms with Crippen molar-refractivity contribution in [2.75, 3.05) is 25.1 Å². The van der Waals surface area contributed by atoms with Crippen LogP contribution in [0.2, 0.25) is 0 Å². The number of rotatable bonds is 9. The molecule has 4 rings (SSSR count). The van der Waals surface area contributed by atoms with Crippen LogP contribution in [0.5, 0.6) is 0 Å². The second kappa shape index (κ2) is 12.1. The molecule has 210 valence electrons. The summed E-state index contributed by atoms with van der Waals surface area (Å²) in [6.07, 6.45) is 4.95. The van der Waals surface area contributed by atoms with E-state index in [-0.39, 0.29) is 33.9 Å². The lowest BCUT2D eigenvalue weighted by molar-refractivity contribution is 0.0903. The summed E-state index contributed by atoms with van der Waals surface area (Å²) in [6, 6.07) is 8.22. The molecule has 0 amide bonds. The molecule has 0 saturated carbocycles. The molecule has 1 saturated heterocycles. The van der Waals surface area contributed by atoms with E-state index in [1.165, 1.54) is 34.8 Å². The van der Waals surface area contributed by atoms with E-state index in [4.69, 9.17) is 8.92 Å². The molecule has 0 bridgehead atoms. The van der Waals surface area contributed by atoms with E-state index in [9.17, 15) is 13.6 Å². The molecule has 0 aliphatic carbocycles. The number of nitrogens with zero attached hydrogens (tertiary/aromatic N) is 3. The standard InChI is InChI=1S/C29H36F2N4O3S/c1-28(2,3)29(4,5)39-38-18-24(21-7-6-8-22(30)26(21)31)35-14-10-19(17-25(35)36)23-9-13-32-27(34-23)33-20-11-15-37-16-12-20/h6-10,13-14,17,20,24H,11-12,15-16,18H2,1-5H3,(H,32,33,34)/t24-/m1/s1. The minimum absolute atomic E-state index is 0.0313. The highest BCUT2D eigenvalue weighted by Gasteiger charge is 2.35. The lowest BCUT2D eigenvalue weighted by Gasteiger charge is -2.37. The minimum atomic E-state index is -0.998. The van der Waals surface area contributed by atoms with Crippen LogP contribution in [0, 0.1) is 17.0 Å². The van der Waals surface area contributed by atoms with Crippen molar-refractivity contribution in [2.45, 2.75) is 64.3 Å². The molecule has 1 fully saturated rings. The largest absolute Gasteiger partial charge is 0.381 e. The van der Waals surface area contributed by atoms with Crippen LogP contribution in [0.4, 0.5) is 14.7 Å². The zero-order chi connectivity index (χ0) is 28.2. The van der Waals surface area contributed by atoms with Gasteiger partial charge in [-0.25, -0.2) is 18.7 Å². The van der Waals surface area contributed by atoms with Crippen LogP contribution < -0.4 is 10.9 Å².